The van der Waals surface area contributed by atoms with E-state index in [1.54, 1.807) is 6.07 Å². The van der Waals surface area contributed by atoms with Crippen LogP contribution >= 0.6 is 0 Å². The van der Waals surface area contributed by atoms with Crippen LogP contribution in [-0.4, -0.2) is 36.8 Å². The van der Waals surface area contributed by atoms with Gasteiger partial charge in [-0.05, 0) is 24.8 Å². The highest BCUT2D eigenvalue weighted by atomic mass is 16.6. The maximum absolute atomic E-state index is 10.8. The quantitative estimate of drug-likeness (QED) is 0.659. The maximum Gasteiger partial charge on any atom is 0.269 e. The average molecular weight is 280 g/mol. The number of hydrogen-bond acceptors (Lipinski definition) is 5. The first kappa shape index (κ1) is 14.7. The van der Waals surface area contributed by atoms with Gasteiger partial charge in [-0.3, -0.25) is 10.1 Å². The van der Waals surface area contributed by atoms with Gasteiger partial charge in [0.1, 0.15) is 0 Å². The van der Waals surface area contributed by atoms with Gasteiger partial charge in [-0.1, -0.05) is 0 Å². The van der Waals surface area contributed by atoms with Gasteiger partial charge in [0.05, 0.1) is 11.5 Å². The SMILES string of the molecule is CN(CC1CCOCC1)c1ccc([N+](=O)[O-])cc1CO. The Hall–Kier alpha value is -1.66. The Morgan fingerprint density at radius 1 is 1.45 bits per heavy atom. The van der Waals surface area contributed by atoms with Crippen molar-refractivity contribution in [3.63, 3.8) is 0 Å². The predicted octanol–water partition coefficient (Wildman–Crippen LogP) is 1.95. The van der Waals surface area contributed by atoms with E-state index >= 15 is 0 Å². The fourth-order valence-corrected chi connectivity index (χ4v) is 2.60. The number of nitrogens with zero attached hydrogens (tertiary/aromatic N) is 2. The molecule has 6 heteroatoms. The van der Waals surface area contributed by atoms with Crippen LogP contribution in [-0.2, 0) is 11.3 Å². The number of benzene rings is 1. The van der Waals surface area contributed by atoms with E-state index in [9.17, 15) is 15.2 Å². The summed E-state index contributed by atoms with van der Waals surface area (Å²) in [6, 6.07) is 4.63. The Labute approximate surface area is 118 Å². The van der Waals surface area contributed by atoms with Crippen LogP contribution in [0.1, 0.15) is 18.4 Å². The van der Waals surface area contributed by atoms with Crippen LogP contribution in [0.4, 0.5) is 11.4 Å². The Morgan fingerprint density at radius 3 is 2.75 bits per heavy atom. The van der Waals surface area contributed by atoms with Crippen molar-refractivity contribution in [2.45, 2.75) is 19.4 Å². The lowest BCUT2D eigenvalue weighted by atomic mass is 9.99. The third-order valence-electron chi connectivity index (χ3n) is 3.73. The normalized spacial score (nSPS) is 16.1. The van der Waals surface area contributed by atoms with Crippen molar-refractivity contribution in [1.82, 2.24) is 0 Å². The highest BCUT2D eigenvalue weighted by Gasteiger charge is 2.18. The summed E-state index contributed by atoms with van der Waals surface area (Å²) in [6.45, 7) is 2.26. The molecule has 1 aliphatic heterocycles. The van der Waals surface area contributed by atoms with Crippen molar-refractivity contribution in [3.8, 4) is 0 Å². The van der Waals surface area contributed by atoms with Gasteiger partial charge >= 0.3 is 0 Å². The van der Waals surface area contributed by atoms with Crippen LogP contribution < -0.4 is 4.90 Å². The van der Waals surface area contributed by atoms with Crippen molar-refractivity contribution in [2.75, 3.05) is 31.7 Å². The molecule has 0 atom stereocenters. The smallest absolute Gasteiger partial charge is 0.269 e. The van der Waals surface area contributed by atoms with Gasteiger partial charge in [0.25, 0.3) is 5.69 Å². The van der Waals surface area contributed by atoms with Gasteiger partial charge in [-0.15, -0.1) is 0 Å². The van der Waals surface area contributed by atoms with Gasteiger partial charge in [0.2, 0.25) is 0 Å². The molecule has 1 saturated heterocycles. The molecule has 0 spiro atoms. The number of nitro groups is 1. The standard InChI is InChI=1S/C14H20N2O4/c1-15(9-11-4-6-20-7-5-11)14-3-2-13(16(18)19)8-12(14)10-17/h2-3,8,11,17H,4-7,9-10H2,1H3. The van der Waals surface area contributed by atoms with E-state index < -0.39 is 4.92 Å². The number of non-ortho nitro benzene ring substituents is 1. The first-order chi connectivity index (χ1) is 9.61. The number of aliphatic hydroxyl groups is 1. The largest absolute Gasteiger partial charge is 0.392 e. The monoisotopic (exact) mass is 280 g/mol. The molecule has 0 amide bonds. The number of aliphatic hydroxyl groups excluding tert-OH is 1. The summed E-state index contributed by atoms with van der Waals surface area (Å²) in [5, 5.41) is 20.2. The molecule has 1 aromatic carbocycles. The third-order valence-corrected chi connectivity index (χ3v) is 3.73. The Bertz CT molecular complexity index is 472. The van der Waals surface area contributed by atoms with E-state index in [0.717, 1.165) is 38.3 Å². The summed E-state index contributed by atoms with van der Waals surface area (Å²) < 4.78 is 5.34. The van der Waals surface area contributed by atoms with Crippen molar-refractivity contribution >= 4 is 11.4 Å². The van der Waals surface area contributed by atoms with Gasteiger partial charge in [0.15, 0.2) is 0 Å². The lowest BCUT2D eigenvalue weighted by Crippen LogP contribution is -2.30. The van der Waals surface area contributed by atoms with Crippen LogP contribution in [0.2, 0.25) is 0 Å². The fourth-order valence-electron chi connectivity index (χ4n) is 2.60. The second-order valence-electron chi connectivity index (χ2n) is 5.16. The van der Waals surface area contributed by atoms with Crippen LogP contribution in [0.3, 0.4) is 0 Å². The van der Waals surface area contributed by atoms with Gasteiger partial charge < -0.3 is 14.7 Å². The molecule has 1 heterocycles. The summed E-state index contributed by atoms with van der Waals surface area (Å²) >= 11 is 0. The van der Waals surface area contributed by atoms with Crippen LogP contribution in [0.15, 0.2) is 18.2 Å². The molecule has 0 aromatic heterocycles. The Morgan fingerprint density at radius 2 is 2.15 bits per heavy atom. The molecule has 1 aromatic rings. The zero-order chi connectivity index (χ0) is 14.5. The first-order valence-corrected chi connectivity index (χ1v) is 6.79. The molecule has 1 aliphatic rings. The molecule has 0 saturated carbocycles. The Kier molecular flexibility index (Phi) is 4.92. The molecule has 0 radical (unpaired) electrons. The summed E-state index contributed by atoms with van der Waals surface area (Å²) in [6.07, 6.45) is 2.07. The predicted molar refractivity (Wildman–Crippen MR) is 75.8 cm³/mol. The summed E-state index contributed by atoms with van der Waals surface area (Å²) in [4.78, 5) is 12.4. The van der Waals surface area contributed by atoms with Crippen molar-refractivity contribution in [3.05, 3.63) is 33.9 Å². The molecule has 0 bridgehead atoms. The van der Waals surface area contributed by atoms with Crippen molar-refractivity contribution in [2.24, 2.45) is 5.92 Å². The zero-order valence-electron chi connectivity index (χ0n) is 11.6. The van der Waals surface area contributed by atoms with Gasteiger partial charge in [-0.25, -0.2) is 0 Å². The molecule has 0 aliphatic carbocycles. The third kappa shape index (κ3) is 3.46. The number of anilines is 1. The number of ether oxygens (including phenoxy) is 1. The number of hydrogen-bond donors (Lipinski definition) is 1. The van der Waals surface area contributed by atoms with Gasteiger partial charge in [0, 0.05) is 50.2 Å². The highest BCUT2D eigenvalue weighted by molar-refractivity contribution is 5.57. The van der Waals surface area contributed by atoms with E-state index in [-0.39, 0.29) is 12.3 Å². The molecule has 2 rings (SSSR count). The van der Waals surface area contributed by atoms with Crippen LogP contribution in [0.5, 0.6) is 0 Å². The number of nitro benzene ring substituents is 1. The summed E-state index contributed by atoms with van der Waals surface area (Å²) in [7, 11) is 1.95. The zero-order valence-corrected chi connectivity index (χ0v) is 11.6. The molecule has 0 unspecified atom stereocenters. The molecule has 6 nitrogen and oxygen atoms in total. The highest BCUT2D eigenvalue weighted by Crippen LogP contribution is 2.26. The lowest BCUT2D eigenvalue weighted by molar-refractivity contribution is -0.384. The van der Waals surface area contributed by atoms with E-state index in [0.29, 0.717) is 11.5 Å². The molecule has 20 heavy (non-hydrogen) atoms. The average Bonchev–Trinajstić information content (AvgIpc) is 2.47. The summed E-state index contributed by atoms with van der Waals surface area (Å²) in [5.74, 6) is 0.565. The van der Waals surface area contributed by atoms with Crippen molar-refractivity contribution < 1.29 is 14.8 Å². The van der Waals surface area contributed by atoms with Crippen LogP contribution in [0.25, 0.3) is 0 Å². The minimum absolute atomic E-state index is 0.0114. The molecular formula is C14H20N2O4. The second kappa shape index (κ2) is 6.67. The lowest BCUT2D eigenvalue weighted by Gasteiger charge is -2.29. The number of rotatable bonds is 5. The van der Waals surface area contributed by atoms with Crippen molar-refractivity contribution in [1.29, 1.82) is 0 Å². The minimum Gasteiger partial charge on any atom is -0.392 e. The second-order valence-corrected chi connectivity index (χ2v) is 5.16. The molecule has 1 N–H and O–H groups in total. The molecule has 1 fully saturated rings. The van der Waals surface area contributed by atoms with E-state index in [1.807, 2.05) is 7.05 Å². The minimum atomic E-state index is -0.443. The molecular weight excluding hydrogens is 260 g/mol. The first-order valence-electron chi connectivity index (χ1n) is 6.79. The van der Waals surface area contributed by atoms with Crippen LogP contribution in [0, 0.1) is 16.0 Å². The molecule has 110 valence electrons. The fraction of sp³-hybridized carbons (Fsp3) is 0.571. The topological polar surface area (TPSA) is 75.8 Å². The van der Waals surface area contributed by atoms with E-state index in [2.05, 4.69) is 4.90 Å². The summed E-state index contributed by atoms with van der Waals surface area (Å²) in [5.41, 5.74) is 1.45. The maximum atomic E-state index is 10.8. The van der Waals surface area contributed by atoms with Gasteiger partial charge in [-0.2, -0.15) is 0 Å². The Balaban J connectivity index is 2.11. The van der Waals surface area contributed by atoms with E-state index in [1.165, 1.54) is 12.1 Å². The van der Waals surface area contributed by atoms with E-state index in [4.69, 9.17) is 4.74 Å².